The Bertz CT molecular complexity index is 843. The molecule has 0 amide bonds. The van der Waals surface area contributed by atoms with Crippen molar-refractivity contribution in [3.8, 4) is 6.07 Å². The number of benzene rings is 1. The number of anilines is 2. The molecule has 2 aliphatic heterocycles. The number of hydrogen-bond donors (Lipinski definition) is 0. The lowest BCUT2D eigenvalue weighted by molar-refractivity contribution is 0.122. The second kappa shape index (κ2) is 9.21. The molecule has 0 N–H and O–H groups in total. The quantitative estimate of drug-likeness (QED) is 0.773. The minimum absolute atomic E-state index is 0.426. The number of piperidine rings is 1. The fourth-order valence-electron chi connectivity index (χ4n) is 4.07. The number of likely N-dealkylation sites (N-methyl/N-ethyl adjacent to an activating group) is 1. The monoisotopic (exact) mass is 392 g/mol. The van der Waals surface area contributed by atoms with E-state index in [1.165, 1.54) is 12.0 Å². The van der Waals surface area contributed by atoms with Gasteiger partial charge in [0.15, 0.2) is 0 Å². The molecule has 7 nitrogen and oxygen atoms in total. The molecule has 2 aromatic rings. The molecule has 7 heteroatoms. The number of morpholine rings is 1. The smallest absolute Gasteiger partial charge is 0.227 e. The van der Waals surface area contributed by atoms with Crippen molar-refractivity contribution in [2.75, 3.05) is 56.2 Å². The Kier molecular flexibility index (Phi) is 6.23. The van der Waals surface area contributed by atoms with E-state index in [0.29, 0.717) is 11.6 Å². The standard InChI is InChI=1S/C22H28N6O/c1-26(21-8-9-24-22(25-21)28-11-13-29-14-12-28)20-3-2-10-27(17-20)16-19-6-4-18(15-23)5-7-19/h4-9,20H,2-3,10-14,16-17H2,1H3. The predicted octanol–water partition coefficient (Wildman–Crippen LogP) is 2.29. The van der Waals surface area contributed by atoms with Crippen LogP contribution in [0, 0.1) is 11.3 Å². The SMILES string of the molecule is CN(c1ccnc(N2CCOCC2)n1)C1CCCN(Cc2ccc(C#N)cc2)C1. The Morgan fingerprint density at radius 2 is 1.97 bits per heavy atom. The molecule has 0 bridgehead atoms. The molecule has 29 heavy (non-hydrogen) atoms. The molecule has 0 radical (unpaired) electrons. The van der Waals surface area contributed by atoms with Crippen molar-refractivity contribution in [1.29, 1.82) is 5.26 Å². The highest BCUT2D eigenvalue weighted by Gasteiger charge is 2.25. The van der Waals surface area contributed by atoms with Crippen molar-refractivity contribution in [3.05, 3.63) is 47.7 Å². The van der Waals surface area contributed by atoms with Gasteiger partial charge in [0.1, 0.15) is 5.82 Å². The Morgan fingerprint density at radius 1 is 1.17 bits per heavy atom. The molecule has 2 saturated heterocycles. The maximum atomic E-state index is 8.97. The van der Waals surface area contributed by atoms with Gasteiger partial charge >= 0.3 is 0 Å². The number of ether oxygens (including phenoxy) is 1. The third-order valence-corrected chi connectivity index (χ3v) is 5.80. The Balaban J connectivity index is 1.40. The summed E-state index contributed by atoms with van der Waals surface area (Å²) < 4.78 is 5.44. The van der Waals surface area contributed by atoms with Crippen molar-refractivity contribution in [1.82, 2.24) is 14.9 Å². The summed E-state index contributed by atoms with van der Waals surface area (Å²) in [6.45, 7) is 6.18. The molecule has 2 fully saturated rings. The maximum absolute atomic E-state index is 8.97. The molecule has 3 heterocycles. The first-order valence-electron chi connectivity index (χ1n) is 10.3. The maximum Gasteiger partial charge on any atom is 0.227 e. The lowest BCUT2D eigenvalue weighted by atomic mass is 10.0. The van der Waals surface area contributed by atoms with E-state index in [1.54, 1.807) is 0 Å². The molecule has 1 aromatic carbocycles. The summed E-state index contributed by atoms with van der Waals surface area (Å²) >= 11 is 0. The lowest BCUT2D eigenvalue weighted by Gasteiger charge is -2.38. The topological polar surface area (TPSA) is 68.5 Å². The highest BCUT2D eigenvalue weighted by Crippen LogP contribution is 2.23. The zero-order chi connectivity index (χ0) is 20.1. The van der Waals surface area contributed by atoms with Gasteiger partial charge in [0.25, 0.3) is 0 Å². The van der Waals surface area contributed by atoms with Crippen LogP contribution >= 0.6 is 0 Å². The van der Waals surface area contributed by atoms with Crippen LogP contribution in [0.1, 0.15) is 24.0 Å². The van der Waals surface area contributed by atoms with Crippen LogP contribution in [0.4, 0.5) is 11.8 Å². The number of aromatic nitrogens is 2. The van der Waals surface area contributed by atoms with E-state index < -0.39 is 0 Å². The first-order chi connectivity index (χ1) is 14.2. The van der Waals surface area contributed by atoms with E-state index in [-0.39, 0.29) is 0 Å². The molecule has 1 aromatic heterocycles. The van der Waals surface area contributed by atoms with Gasteiger partial charge in [-0.15, -0.1) is 0 Å². The second-order valence-corrected chi connectivity index (χ2v) is 7.77. The van der Waals surface area contributed by atoms with E-state index in [4.69, 9.17) is 15.0 Å². The number of likely N-dealkylation sites (tertiary alicyclic amines) is 1. The highest BCUT2D eigenvalue weighted by atomic mass is 16.5. The van der Waals surface area contributed by atoms with Gasteiger partial charge < -0.3 is 14.5 Å². The van der Waals surface area contributed by atoms with Crippen molar-refractivity contribution in [2.45, 2.75) is 25.4 Å². The van der Waals surface area contributed by atoms with Crippen LogP contribution in [0.5, 0.6) is 0 Å². The van der Waals surface area contributed by atoms with Crippen molar-refractivity contribution >= 4 is 11.8 Å². The number of nitriles is 1. The van der Waals surface area contributed by atoms with Crippen molar-refractivity contribution in [2.24, 2.45) is 0 Å². The van der Waals surface area contributed by atoms with Gasteiger partial charge in [-0.3, -0.25) is 4.90 Å². The van der Waals surface area contributed by atoms with Gasteiger partial charge in [-0.25, -0.2) is 4.98 Å². The van der Waals surface area contributed by atoms with Gasteiger partial charge in [0.2, 0.25) is 5.95 Å². The van der Waals surface area contributed by atoms with Crippen LogP contribution in [0.25, 0.3) is 0 Å². The molecule has 4 rings (SSSR count). The van der Waals surface area contributed by atoms with Crippen LogP contribution in [-0.2, 0) is 11.3 Å². The third kappa shape index (κ3) is 4.84. The molecule has 0 saturated carbocycles. The highest BCUT2D eigenvalue weighted by molar-refractivity contribution is 5.44. The summed E-state index contributed by atoms with van der Waals surface area (Å²) in [5.74, 6) is 1.77. The summed E-state index contributed by atoms with van der Waals surface area (Å²) in [6.07, 6.45) is 4.20. The Hall–Kier alpha value is -2.69. The van der Waals surface area contributed by atoms with Gasteiger partial charge in [0.05, 0.1) is 24.8 Å². The zero-order valence-electron chi connectivity index (χ0n) is 17.0. The van der Waals surface area contributed by atoms with Crippen molar-refractivity contribution in [3.63, 3.8) is 0 Å². The van der Waals surface area contributed by atoms with E-state index >= 15 is 0 Å². The van der Waals surface area contributed by atoms with E-state index in [0.717, 1.165) is 64.1 Å². The minimum atomic E-state index is 0.426. The second-order valence-electron chi connectivity index (χ2n) is 7.77. The van der Waals surface area contributed by atoms with Crippen LogP contribution < -0.4 is 9.80 Å². The molecular weight excluding hydrogens is 364 g/mol. The van der Waals surface area contributed by atoms with Crippen LogP contribution in [0.2, 0.25) is 0 Å². The fraction of sp³-hybridized carbons (Fsp3) is 0.500. The molecule has 152 valence electrons. The first-order valence-corrected chi connectivity index (χ1v) is 10.3. The van der Waals surface area contributed by atoms with E-state index in [1.807, 2.05) is 24.4 Å². The summed E-state index contributed by atoms with van der Waals surface area (Å²) in [5, 5.41) is 8.97. The van der Waals surface area contributed by atoms with Gasteiger partial charge in [-0.1, -0.05) is 12.1 Å². The molecule has 0 aliphatic carbocycles. The summed E-state index contributed by atoms with van der Waals surface area (Å²) in [6, 6.07) is 12.5. The average molecular weight is 393 g/mol. The fourth-order valence-corrected chi connectivity index (χ4v) is 4.07. The van der Waals surface area contributed by atoms with Crippen LogP contribution in [0.15, 0.2) is 36.5 Å². The predicted molar refractivity (Wildman–Crippen MR) is 113 cm³/mol. The van der Waals surface area contributed by atoms with Gasteiger partial charge in [-0.05, 0) is 43.1 Å². The molecule has 0 spiro atoms. The zero-order valence-corrected chi connectivity index (χ0v) is 17.0. The number of rotatable bonds is 5. The molecule has 1 atom stereocenters. The summed E-state index contributed by atoms with van der Waals surface area (Å²) in [7, 11) is 2.14. The summed E-state index contributed by atoms with van der Waals surface area (Å²) in [5.41, 5.74) is 1.97. The third-order valence-electron chi connectivity index (χ3n) is 5.80. The molecule has 2 aliphatic rings. The largest absolute Gasteiger partial charge is 0.378 e. The van der Waals surface area contributed by atoms with Crippen LogP contribution in [0.3, 0.4) is 0 Å². The van der Waals surface area contributed by atoms with Gasteiger partial charge in [-0.2, -0.15) is 10.2 Å². The van der Waals surface area contributed by atoms with Crippen LogP contribution in [-0.4, -0.2) is 67.4 Å². The van der Waals surface area contributed by atoms with Gasteiger partial charge in [0, 0.05) is 45.5 Å². The van der Waals surface area contributed by atoms with E-state index in [9.17, 15) is 0 Å². The lowest BCUT2D eigenvalue weighted by Crippen LogP contribution is -2.46. The van der Waals surface area contributed by atoms with Crippen molar-refractivity contribution < 1.29 is 4.74 Å². The number of nitrogens with zero attached hydrogens (tertiary/aromatic N) is 6. The molecule has 1 unspecified atom stereocenters. The Labute approximate surface area is 172 Å². The molecular formula is C22H28N6O. The van der Waals surface area contributed by atoms with E-state index in [2.05, 4.69) is 44.9 Å². The Morgan fingerprint density at radius 3 is 2.72 bits per heavy atom. The normalized spacial score (nSPS) is 20.3. The average Bonchev–Trinajstić information content (AvgIpc) is 2.80. The summed E-state index contributed by atoms with van der Waals surface area (Å²) in [4.78, 5) is 16.3. The number of hydrogen-bond acceptors (Lipinski definition) is 7. The first kappa shape index (κ1) is 19.6. The minimum Gasteiger partial charge on any atom is -0.378 e.